The monoisotopic (exact) mass is 422 g/mol. The Balaban J connectivity index is 1.40. The van der Waals surface area contributed by atoms with Crippen LogP contribution in [0.1, 0.15) is 20.7 Å². The topological polar surface area (TPSA) is 34.1 Å². The number of carbonyl (C=O) groups is 2. The molecule has 0 saturated carbocycles. The smallest absolute Gasteiger partial charge is 0.233 e. The van der Waals surface area contributed by atoms with Gasteiger partial charge in [0.25, 0.3) is 0 Å². The van der Waals surface area contributed by atoms with Gasteiger partial charge in [-0.3, -0.25) is 9.59 Å². The van der Waals surface area contributed by atoms with Crippen LogP contribution in [0.5, 0.6) is 0 Å². The first-order valence-corrected chi connectivity index (χ1v) is 11.2. The summed E-state index contributed by atoms with van der Waals surface area (Å²) in [7, 11) is 0. The van der Waals surface area contributed by atoms with Crippen LogP contribution in [0, 0.1) is 0 Å². The molecule has 0 aliphatic heterocycles. The lowest BCUT2D eigenvalue weighted by Crippen LogP contribution is -2.14. The van der Waals surface area contributed by atoms with Gasteiger partial charge in [0, 0.05) is 51.5 Å². The molecule has 0 radical (unpaired) electrons. The van der Waals surface area contributed by atoms with E-state index < -0.39 is 11.6 Å². The number of benzene rings is 4. The fourth-order valence-corrected chi connectivity index (χ4v) is 6.29. The van der Waals surface area contributed by atoms with E-state index in [1.807, 2.05) is 48.5 Å². The summed E-state index contributed by atoms with van der Waals surface area (Å²) in [6.07, 6.45) is 0. The maximum Gasteiger partial charge on any atom is 0.233 e. The highest BCUT2D eigenvalue weighted by atomic mass is 32.1. The van der Waals surface area contributed by atoms with Crippen LogP contribution in [0.3, 0.4) is 0 Å². The molecule has 4 aromatic carbocycles. The Hall–Kier alpha value is -3.34. The molecule has 30 heavy (non-hydrogen) atoms. The second kappa shape index (κ2) is 6.59. The lowest BCUT2D eigenvalue weighted by molar-refractivity contribution is 0.0817. The average molecular weight is 423 g/mol. The van der Waals surface area contributed by atoms with Crippen molar-refractivity contribution in [2.24, 2.45) is 0 Å². The van der Waals surface area contributed by atoms with Gasteiger partial charge in [0.2, 0.25) is 11.6 Å². The number of thiophene rings is 2. The molecule has 0 aliphatic rings. The zero-order valence-corrected chi connectivity index (χ0v) is 17.3. The Morgan fingerprint density at radius 2 is 0.867 bits per heavy atom. The van der Waals surface area contributed by atoms with Crippen molar-refractivity contribution in [1.82, 2.24) is 0 Å². The molecule has 6 aromatic rings. The normalized spacial score (nSPS) is 11.6. The molecule has 0 aliphatic carbocycles. The van der Waals surface area contributed by atoms with Gasteiger partial charge in [-0.1, -0.05) is 60.7 Å². The van der Waals surface area contributed by atoms with Crippen molar-refractivity contribution in [3.63, 3.8) is 0 Å². The Bertz CT molecular complexity index is 1510. The van der Waals surface area contributed by atoms with E-state index in [1.54, 1.807) is 34.8 Å². The summed E-state index contributed by atoms with van der Waals surface area (Å²) >= 11 is 3.29. The van der Waals surface area contributed by atoms with Crippen LogP contribution in [-0.4, -0.2) is 11.6 Å². The quantitative estimate of drug-likeness (QED) is 0.219. The summed E-state index contributed by atoms with van der Waals surface area (Å²) in [5, 5.41) is 4.59. The van der Waals surface area contributed by atoms with Crippen molar-refractivity contribution in [3.8, 4) is 0 Å². The van der Waals surface area contributed by atoms with Gasteiger partial charge in [0.1, 0.15) is 0 Å². The molecule has 0 atom stereocenters. The minimum atomic E-state index is -0.463. The van der Waals surface area contributed by atoms with E-state index in [0.29, 0.717) is 11.1 Å². The second-order valence-electron chi connectivity index (χ2n) is 7.28. The highest BCUT2D eigenvalue weighted by molar-refractivity contribution is 7.26. The summed E-state index contributed by atoms with van der Waals surface area (Å²) in [6.45, 7) is 0. The molecule has 0 N–H and O–H groups in total. The van der Waals surface area contributed by atoms with Gasteiger partial charge < -0.3 is 0 Å². The fraction of sp³-hybridized carbons (Fsp3) is 0. The number of carbonyl (C=O) groups excluding carboxylic acids is 2. The second-order valence-corrected chi connectivity index (χ2v) is 9.44. The van der Waals surface area contributed by atoms with Crippen molar-refractivity contribution >= 4 is 74.6 Å². The average Bonchev–Trinajstić information content (AvgIpc) is 3.35. The Morgan fingerprint density at radius 1 is 0.467 bits per heavy atom. The van der Waals surface area contributed by atoms with Crippen LogP contribution in [-0.2, 0) is 0 Å². The lowest BCUT2D eigenvalue weighted by Gasteiger charge is -2.02. The van der Waals surface area contributed by atoms with E-state index in [1.165, 1.54) is 20.2 Å². The Morgan fingerprint density at radius 3 is 1.33 bits per heavy atom. The number of hydrogen-bond acceptors (Lipinski definition) is 4. The minimum Gasteiger partial charge on any atom is -0.285 e. The number of rotatable bonds is 3. The van der Waals surface area contributed by atoms with Gasteiger partial charge in [-0.25, -0.2) is 0 Å². The van der Waals surface area contributed by atoms with E-state index in [-0.39, 0.29) is 0 Å². The summed E-state index contributed by atoms with van der Waals surface area (Å²) in [4.78, 5) is 25.9. The molecular weight excluding hydrogens is 408 g/mol. The number of fused-ring (bicyclic) bond motifs is 6. The van der Waals surface area contributed by atoms with Gasteiger partial charge >= 0.3 is 0 Å². The predicted octanol–water partition coefficient (Wildman–Crippen LogP) is 7.49. The van der Waals surface area contributed by atoms with Crippen LogP contribution < -0.4 is 0 Å². The fourth-order valence-electron chi connectivity index (χ4n) is 4.00. The minimum absolute atomic E-state index is 0.440. The van der Waals surface area contributed by atoms with E-state index in [4.69, 9.17) is 0 Å². The Kier molecular flexibility index (Phi) is 3.85. The number of hydrogen-bond donors (Lipinski definition) is 0. The molecule has 0 bridgehead atoms. The zero-order chi connectivity index (χ0) is 20.2. The van der Waals surface area contributed by atoms with E-state index in [9.17, 15) is 9.59 Å². The first-order valence-electron chi connectivity index (χ1n) is 9.61. The van der Waals surface area contributed by atoms with Crippen molar-refractivity contribution in [3.05, 3.63) is 96.1 Å². The van der Waals surface area contributed by atoms with Crippen molar-refractivity contribution in [1.29, 1.82) is 0 Å². The van der Waals surface area contributed by atoms with Gasteiger partial charge in [0.15, 0.2) is 0 Å². The summed E-state index contributed by atoms with van der Waals surface area (Å²) in [5.74, 6) is -0.926. The highest BCUT2D eigenvalue weighted by Crippen LogP contribution is 2.35. The van der Waals surface area contributed by atoms with Gasteiger partial charge in [-0.2, -0.15) is 0 Å². The third-order valence-corrected chi connectivity index (χ3v) is 7.76. The molecule has 2 heterocycles. The third-order valence-electron chi connectivity index (χ3n) is 5.49. The van der Waals surface area contributed by atoms with Crippen LogP contribution in [0.25, 0.3) is 40.3 Å². The SMILES string of the molecule is O=C(C(=O)c1ccc2c(c1)sc1ccccc12)c1ccc2c(c1)sc1ccccc12. The van der Waals surface area contributed by atoms with Crippen LogP contribution in [0.4, 0.5) is 0 Å². The molecule has 0 fully saturated rings. The molecule has 6 rings (SSSR count). The summed E-state index contributed by atoms with van der Waals surface area (Å²) in [6, 6.07) is 27.5. The molecule has 142 valence electrons. The zero-order valence-electron chi connectivity index (χ0n) is 15.7. The maximum absolute atomic E-state index is 13.0. The molecular formula is C26H14O2S2. The standard InChI is InChI=1S/C26H14O2S2/c27-25(15-9-11-19-17-5-1-3-7-21(17)29-23(19)13-15)26(28)16-10-12-20-18-6-2-4-8-22(18)30-24(20)14-16/h1-14H. The molecule has 0 spiro atoms. The predicted molar refractivity (Wildman–Crippen MR) is 127 cm³/mol. The van der Waals surface area contributed by atoms with E-state index in [0.717, 1.165) is 20.2 Å². The number of ketones is 2. The summed E-state index contributed by atoms with van der Waals surface area (Å²) in [5.41, 5.74) is 0.881. The van der Waals surface area contributed by atoms with Gasteiger partial charge in [0.05, 0.1) is 0 Å². The molecule has 4 heteroatoms. The molecule has 2 nitrogen and oxygen atoms in total. The van der Waals surface area contributed by atoms with Gasteiger partial charge in [-0.05, 0) is 24.3 Å². The molecule has 0 saturated heterocycles. The Labute approximate surface area is 180 Å². The van der Waals surface area contributed by atoms with Crippen molar-refractivity contribution < 1.29 is 9.59 Å². The van der Waals surface area contributed by atoms with E-state index in [2.05, 4.69) is 24.3 Å². The van der Waals surface area contributed by atoms with E-state index >= 15 is 0 Å². The third kappa shape index (κ3) is 2.61. The largest absolute Gasteiger partial charge is 0.285 e. The van der Waals surface area contributed by atoms with Crippen LogP contribution in [0.15, 0.2) is 84.9 Å². The summed E-state index contributed by atoms with van der Waals surface area (Å²) < 4.78 is 4.40. The van der Waals surface area contributed by atoms with Crippen LogP contribution >= 0.6 is 22.7 Å². The van der Waals surface area contributed by atoms with Crippen molar-refractivity contribution in [2.45, 2.75) is 0 Å². The van der Waals surface area contributed by atoms with Crippen molar-refractivity contribution in [2.75, 3.05) is 0 Å². The highest BCUT2D eigenvalue weighted by Gasteiger charge is 2.20. The molecule has 2 aromatic heterocycles. The first-order chi connectivity index (χ1) is 14.7. The first kappa shape index (κ1) is 17.5. The molecule has 0 unspecified atom stereocenters. The molecule has 0 amide bonds. The lowest BCUT2D eigenvalue weighted by atomic mass is 9.99. The van der Waals surface area contributed by atoms with Gasteiger partial charge in [-0.15, -0.1) is 22.7 Å². The number of Topliss-reactive ketones (excluding diaryl/α,β-unsaturated/α-hetero) is 2. The van der Waals surface area contributed by atoms with Crippen LogP contribution in [0.2, 0.25) is 0 Å². The maximum atomic E-state index is 13.0.